The van der Waals surface area contributed by atoms with E-state index in [2.05, 4.69) is 21.1 Å². The smallest absolute Gasteiger partial charge is 0.143 e. The number of nitrogens with two attached hydrogens (primary N) is 1. The van der Waals surface area contributed by atoms with Gasteiger partial charge in [0.05, 0.1) is 7.11 Å². The molecule has 5 heteroatoms. The molecule has 0 bridgehead atoms. The third kappa shape index (κ3) is 2.63. The van der Waals surface area contributed by atoms with Crippen molar-refractivity contribution in [1.29, 1.82) is 0 Å². The number of methoxy groups -OCH3 is 1. The number of rotatable bonds is 3. The van der Waals surface area contributed by atoms with Crippen molar-refractivity contribution in [3.63, 3.8) is 0 Å². The molecule has 0 atom stereocenters. The van der Waals surface area contributed by atoms with Crippen LogP contribution < -0.4 is 10.5 Å². The van der Waals surface area contributed by atoms with Gasteiger partial charge in [-0.15, -0.1) is 0 Å². The van der Waals surface area contributed by atoms with E-state index in [0.717, 1.165) is 15.8 Å². The zero-order chi connectivity index (χ0) is 10.6. The van der Waals surface area contributed by atoms with Crippen LogP contribution in [-0.2, 0) is 6.42 Å². The third-order valence-corrected chi connectivity index (χ3v) is 2.24. The van der Waals surface area contributed by atoms with Crippen LogP contribution in [0.2, 0.25) is 0 Å². The van der Waals surface area contributed by atoms with Crippen LogP contribution in [-0.4, -0.2) is 18.2 Å². The zero-order valence-corrected chi connectivity index (χ0v) is 9.28. The first kappa shape index (κ1) is 10.8. The van der Waals surface area contributed by atoms with E-state index in [4.69, 9.17) is 15.7 Å². The maximum absolute atomic E-state index is 8.44. The van der Waals surface area contributed by atoms with Gasteiger partial charge in [-0.25, -0.2) is 0 Å². The standard InChI is InChI=1S/C9H11BrN2O2/c1-14-8-3-2-7(10)4-6(8)5-9(11)12-13/h2-4,13H,5H2,1H3,(H2,11,12). The number of benzene rings is 1. The molecule has 14 heavy (non-hydrogen) atoms. The van der Waals surface area contributed by atoms with Crippen molar-refractivity contribution in [2.45, 2.75) is 6.42 Å². The van der Waals surface area contributed by atoms with E-state index in [1.807, 2.05) is 18.2 Å². The molecule has 3 N–H and O–H groups in total. The highest BCUT2D eigenvalue weighted by Crippen LogP contribution is 2.23. The number of hydrogen-bond donors (Lipinski definition) is 2. The first-order valence-corrected chi connectivity index (χ1v) is 4.75. The Bertz CT molecular complexity index is 353. The molecule has 4 nitrogen and oxygen atoms in total. The van der Waals surface area contributed by atoms with E-state index in [0.29, 0.717) is 6.42 Å². The average molecular weight is 259 g/mol. The van der Waals surface area contributed by atoms with E-state index < -0.39 is 0 Å². The lowest BCUT2D eigenvalue weighted by atomic mass is 10.1. The van der Waals surface area contributed by atoms with Gasteiger partial charge in [0.15, 0.2) is 0 Å². The molecule has 1 rings (SSSR count). The molecule has 76 valence electrons. The van der Waals surface area contributed by atoms with Crippen molar-refractivity contribution in [2.75, 3.05) is 7.11 Å². The lowest BCUT2D eigenvalue weighted by Crippen LogP contribution is -2.15. The molecule has 0 aliphatic rings. The second-order valence-electron chi connectivity index (χ2n) is 2.72. The Morgan fingerprint density at radius 3 is 2.93 bits per heavy atom. The predicted octanol–water partition coefficient (Wildman–Crippen LogP) is 1.75. The third-order valence-electron chi connectivity index (χ3n) is 1.74. The number of halogens is 1. The van der Waals surface area contributed by atoms with Gasteiger partial charge < -0.3 is 15.7 Å². The molecule has 0 saturated heterocycles. The van der Waals surface area contributed by atoms with E-state index >= 15 is 0 Å². The van der Waals surface area contributed by atoms with Crippen LogP contribution in [0.3, 0.4) is 0 Å². The molecule has 0 aliphatic carbocycles. The summed E-state index contributed by atoms with van der Waals surface area (Å²) in [6.07, 6.45) is 0.360. The Morgan fingerprint density at radius 2 is 2.36 bits per heavy atom. The van der Waals surface area contributed by atoms with Crippen LogP contribution >= 0.6 is 15.9 Å². The predicted molar refractivity (Wildman–Crippen MR) is 57.8 cm³/mol. The molecule has 1 aromatic rings. The molecule has 0 unspecified atom stereocenters. The van der Waals surface area contributed by atoms with Gasteiger partial charge in [0.25, 0.3) is 0 Å². The lowest BCUT2D eigenvalue weighted by molar-refractivity contribution is 0.317. The van der Waals surface area contributed by atoms with Gasteiger partial charge in [0.1, 0.15) is 11.6 Å². The van der Waals surface area contributed by atoms with E-state index in [1.165, 1.54) is 0 Å². The van der Waals surface area contributed by atoms with Gasteiger partial charge in [0.2, 0.25) is 0 Å². The number of oxime groups is 1. The summed E-state index contributed by atoms with van der Waals surface area (Å²) in [5.74, 6) is 0.876. The Kier molecular flexibility index (Phi) is 3.76. The molecule has 0 aromatic heterocycles. The number of nitrogens with zero attached hydrogens (tertiary/aromatic N) is 1. The lowest BCUT2D eigenvalue weighted by Gasteiger charge is -2.07. The van der Waals surface area contributed by atoms with Crippen LogP contribution in [0.25, 0.3) is 0 Å². The highest BCUT2D eigenvalue weighted by molar-refractivity contribution is 9.10. The van der Waals surface area contributed by atoms with Gasteiger partial charge in [-0.1, -0.05) is 21.1 Å². The van der Waals surface area contributed by atoms with Crippen LogP contribution in [0.4, 0.5) is 0 Å². The van der Waals surface area contributed by atoms with Gasteiger partial charge in [-0.05, 0) is 18.2 Å². The maximum Gasteiger partial charge on any atom is 0.143 e. The first-order chi connectivity index (χ1) is 6.67. The molecular formula is C9H11BrN2O2. The summed E-state index contributed by atoms with van der Waals surface area (Å²) in [5, 5.41) is 11.4. The highest BCUT2D eigenvalue weighted by atomic mass is 79.9. The second-order valence-corrected chi connectivity index (χ2v) is 3.64. The maximum atomic E-state index is 8.44. The number of ether oxygens (including phenoxy) is 1. The van der Waals surface area contributed by atoms with Gasteiger partial charge in [-0.3, -0.25) is 0 Å². The topological polar surface area (TPSA) is 67.8 Å². The molecule has 0 saturated carbocycles. The number of hydrogen-bond acceptors (Lipinski definition) is 3. The molecule has 0 radical (unpaired) electrons. The van der Waals surface area contributed by atoms with Crippen LogP contribution in [0.5, 0.6) is 5.75 Å². The monoisotopic (exact) mass is 258 g/mol. The normalized spacial score (nSPS) is 11.4. The SMILES string of the molecule is COc1ccc(Br)cc1CC(N)=NO. The second kappa shape index (κ2) is 4.85. The van der Waals surface area contributed by atoms with Gasteiger partial charge >= 0.3 is 0 Å². The van der Waals surface area contributed by atoms with Crippen molar-refractivity contribution in [1.82, 2.24) is 0 Å². The van der Waals surface area contributed by atoms with Crippen molar-refractivity contribution < 1.29 is 9.94 Å². The summed E-state index contributed by atoms with van der Waals surface area (Å²) in [5.41, 5.74) is 6.28. The molecule has 0 amide bonds. The highest BCUT2D eigenvalue weighted by Gasteiger charge is 2.05. The summed E-state index contributed by atoms with van der Waals surface area (Å²) in [4.78, 5) is 0. The fraction of sp³-hybridized carbons (Fsp3) is 0.222. The first-order valence-electron chi connectivity index (χ1n) is 3.96. The summed E-state index contributed by atoms with van der Waals surface area (Å²) < 4.78 is 6.06. The minimum Gasteiger partial charge on any atom is -0.496 e. The Morgan fingerprint density at radius 1 is 1.64 bits per heavy atom. The number of amidine groups is 1. The van der Waals surface area contributed by atoms with Crippen molar-refractivity contribution in [3.05, 3.63) is 28.2 Å². The van der Waals surface area contributed by atoms with E-state index in [1.54, 1.807) is 7.11 Å². The van der Waals surface area contributed by atoms with Crippen molar-refractivity contribution in [2.24, 2.45) is 10.9 Å². The molecular weight excluding hydrogens is 248 g/mol. The molecule has 0 heterocycles. The van der Waals surface area contributed by atoms with Crippen LogP contribution in [0.15, 0.2) is 27.8 Å². The van der Waals surface area contributed by atoms with E-state index in [9.17, 15) is 0 Å². The largest absolute Gasteiger partial charge is 0.496 e. The summed E-state index contributed by atoms with van der Waals surface area (Å²) in [6, 6.07) is 5.57. The van der Waals surface area contributed by atoms with E-state index in [-0.39, 0.29) is 5.84 Å². The summed E-state index contributed by atoms with van der Waals surface area (Å²) >= 11 is 3.34. The minimum atomic E-state index is 0.154. The fourth-order valence-electron chi connectivity index (χ4n) is 1.12. The molecule has 1 aromatic carbocycles. The van der Waals surface area contributed by atoms with Crippen LogP contribution in [0, 0.1) is 0 Å². The molecule has 0 fully saturated rings. The minimum absolute atomic E-state index is 0.154. The Labute approximate surface area is 90.5 Å². The van der Waals surface area contributed by atoms with Gasteiger partial charge in [-0.2, -0.15) is 0 Å². The van der Waals surface area contributed by atoms with Crippen LogP contribution in [0.1, 0.15) is 5.56 Å². The summed E-state index contributed by atoms with van der Waals surface area (Å²) in [7, 11) is 1.58. The molecule has 0 spiro atoms. The zero-order valence-electron chi connectivity index (χ0n) is 7.70. The Balaban J connectivity index is 2.99. The molecule has 0 aliphatic heterocycles. The fourth-order valence-corrected chi connectivity index (χ4v) is 1.52. The quantitative estimate of drug-likeness (QED) is 0.376. The van der Waals surface area contributed by atoms with Crippen molar-refractivity contribution >= 4 is 21.8 Å². The summed E-state index contributed by atoms with van der Waals surface area (Å²) in [6.45, 7) is 0. The Hall–Kier alpha value is -1.23. The average Bonchev–Trinajstić information content (AvgIpc) is 2.18. The van der Waals surface area contributed by atoms with Gasteiger partial charge in [0, 0.05) is 16.5 Å². The van der Waals surface area contributed by atoms with Crippen molar-refractivity contribution in [3.8, 4) is 5.75 Å².